The van der Waals surface area contributed by atoms with Crippen LogP contribution in [0.4, 0.5) is 5.69 Å². The smallest absolute Gasteiger partial charge is 0.266 e. The summed E-state index contributed by atoms with van der Waals surface area (Å²) < 4.78 is 6.88. The highest BCUT2D eigenvalue weighted by atomic mass is 79.9. The van der Waals surface area contributed by atoms with Crippen molar-refractivity contribution in [3.63, 3.8) is 0 Å². The number of anilines is 1. The van der Waals surface area contributed by atoms with E-state index in [0.29, 0.717) is 23.6 Å². The van der Waals surface area contributed by atoms with Crippen molar-refractivity contribution in [2.45, 2.75) is 33.8 Å². The van der Waals surface area contributed by atoms with Gasteiger partial charge in [0.25, 0.3) is 5.91 Å². The van der Waals surface area contributed by atoms with Crippen molar-refractivity contribution in [2.75, 3.05) is 5.32 Å². The van der Waals surface area contributed by atoms with Crippen molar-refractivity contribution < 1.29 is 9.53 Å². The monoisotopic (exact) mass is 488 g/mol. The molecule has 3 aromatic rings. The van der Waals surface area contributed by atoms with Crippen LogP contribution >= 0.6 is 15.9 Å². The number of nitrogens with one attached hydrogen (secondary N) is 1. The van der Waals surface area contributed by atoms with E-state index in [2.05, 4.69) is 60.2 Å². The Morgan fingerprint density at radius 2 is 1.72 bits per heavy atom. The Morgan fingerprint density at radius 1 is 1.03 bits per heavy atom. The number of aryl methyl sites for hydroxylation is 3. The number of hydrogen-bond acceptors (Lipinski definition) is 3. The standard InChI is InChI=1S/C27H25BrN2O2/c1-4-20-5-8-25(9-6-20)30-27(31)23(16-29)14-22-15-24(28)7-10-26(22)32-17-21-12-18(2)11-19(3)13-21/h5-15H,4,17H2,1-3H3,(H,30,31)/b23-14+. The molecule has 0 fully saturated rings. The second-order valence-corrected chi connectivity index (χ2v) is 8.56. The molecule has 0 spiro atoms. The molecule has 1 N–H and O–H groups in total. The lowest BCUT2D eigenvalue weighted by Crippen LogP contribution is -2.13. The van der Waals surface area contributed by atoms with E-state index in [1.807, 2.05) is 48.5 Å². The molecule has 0 aliphatic heterocycles. The molecular formula is C27H25BrN2O2. The predicted octanol–water partition coefficient (Wildman–Crippen LogP) is 6.75. The highest BCUT2D eigenvalue weighted by molar-refractivity contribution is 9.10. The summed E-state index contributed by atoms with van der Waals surface area (Å²) in [4.78, 5) is 12.7. The van der Waals surface area contributed by atoms with Crippen molar-refractivity contribution in [1.82, 2.24) is 0 Å². The van der Waals surface area contributed by atoms with Crippen LogP contribution in [0.5, 0.6) is 5.75 Å². The van der Waals surface area contributed by atoms with E-state index in [0.717, 1.165) is 16.5 Å². The highest BCUT2D eigenvalue weighted by Crippen LogP contribution is 2.27. The van der Waals surface area contributed by atoms with E-state index in [4.69, 9.17) is 4.74 Å². The highest BCUT2D eigenvalue weighted by Gasteiger charge is 2.12. The van der Waals surface area contributed by atoms with Crippen molar-refractivity contribution in [3.8, 4) is 11.8 Å². The number of carbonyl (C=O) groups is 1. The summed E-state index contributed by atoms with van der Waals surface area (Å²) >= 11 is 3.46. The molecule has 4 nitrogen and oxygen atoms in total. The number of halogens is 1. The average Bonchev–Trinajstić information content (AvgIpc) is 2.76. The van der Waals surface area contributed by atoms with Gasteiger partial charge in [-0.3, -0.25) is 4.79 Å². The van der Waals surface area contributed by atoms with Gasteiger partial charge in [-0.15, -0.1) is 0 Å². The third-order valence-electron chi connectivity index (χ3n) is 4.93. The van der Waals surface area contributed by atoms with E-state index in [-0.39, 0.29) is 5.57 Å². The summed E-state index contributed by atoms with van der Waals surface area (Å²) in [6.45, 7) is 6.57. The second kappa shape index (κ2) is 10.8. The quantitative estimate of drug-likeness (QED) is 0.295. The average molecular weight is 489 g/mol. The van der Waals surface area contributed by atoms with Crippen molar-refractivity contribution in [1.29, 1.82) is 5.26 Å². The molecule has 3 rings (SSSR count). The van der Waals surface area contributed by atoms with Crippen LogP contribution in [0.25, 0.3) is 6.08 Å². The van der Waals surface area contributed by atoms with Gasteiger partial charge in [-0.2, -0.15) is 5.26 Å². The van der Waals surface area contributed by atoms with Gasteiger partial charge in [0.05, 0.1) is 0 Å². The molecule has 5 heteroatoms. The summed E-state index contributed by atoms with van der Waals surface area (Å²) in [5.41, 5.74) is 5.89. The lowest BCUT2D eigenvalue weighted by atomic mass is 10.1. The number of nitrogens with zero attached hydrogens (tertiary/aromatic N) is 1. The number of carbonyl (C=O) groups excluding carboxylic acids is 1. The second-order valence-electron chi connectivity index (χ2n) is 7.64. The van der Waals surface area contributed by atoms with Gasteiger partial charge in [-0.05, 0) is 67.8 Å². The van der Waals surface area contributed by atoms with Gasteiger partial charge in [0.15, 0.2) is 0 Å². The minimum absolute atomic E-state index is 0.00100. The topological polar surface area (TPSA) is 62.1 Å². The first-order valence-electron chi connectivity index (χ1n) is 10.4. The molecule has 0 heterocycles. The molecule has 0 atom stereocenters. The van der Waals surface area contributed by atoms with Crippen LogP contribution in [0.1, 0.15) is 34.7 Å². The molecule has 0 aliphatic rings. The first kappa shape index (κ1) is 23.3. The van der Waals surface area contributed by atoms with Crippen LogP contribution in [0.2, 0.25) is 0 Å². The van der Waals surface area contributed by atoms with Crippen molar-refractivity contribution >= 4 is 33.6 Å². The van der Waals surface area contributed by atoms with E-state index < -0.39 is 5.91 Å². The molecule has 0 aliphatic carbocycles. The number of rotatable bonds is 7. The normalized spacial score (nSPS) is 11.0. The van der Waals surface area contributed by atoms with Gasteiger partial charge in [0.2, 0.25) is 0 Å². The maximum absolute atomic E-state index is 12.7. The molecule has 1 amide bonds. The Labute approximate surface area is 197 Å². The van der Waals surface area contributed by atoms with Crippen LogP contribution < -0.4 is 10.1 Å². The Bertz CT molecular complexity index is 1170. The molecule has 32 heavy (non-hydrogen) atoms. The zero-order chi connectivity index (χ0) is 23.1. The fourth-order valence-corrected chi connectivity index (χ4v) is 3.78. The SMILES string of the molecule is CCc1ccc(NC(=O)/C(C#N)=C/c2cc(Br)ccc2OCc2cc(C)cc(C)c2)cc1. The molecule has 0 saturated carbocycles. The fourth-order valence-electron chi connectivity index (χ4n) is 3.40. The van der Waals surface area contributed by atoms with Gasteiger partial charge in [-0.25, -0.2) is 0 Å². The van der Waals surface area contributed by atoms with E-state index >= 15 is 0 Å². The number of ether oxygens (including phenoxy) is 1. The zero-order valence-electron chi connectivity index (χ0n) is 18.4. The Balaban J connectivity index is 1.82. The Hall–Kier alpha value is -3.36. The summed E-state index contributed by atoms with van der Waals surface area (Å²) in [6, 6.07) is 21.4. The predicted molar refractivity (Wildman–Crippen MR) is 132 cm³/mol. The molecule has 0 radical (unpaired) electrons. The molecule has 0 unspecified atom stereocenters. The van der Waals surface area contributed by atoms with E-state index in [1.54, 1.807) is 6.08 Å². The minimum Gasteiger partial charge on any atom is -0.488 e. The number of amides is 1. The number of nitriles is 1. The van der Waals surface area contributed by atoms with Crippen LogP contribution in [0, 0.1) is 25.2 Å². The third kappa shape index (κ3) is 6.32. The maximum Gasteiger partial charge on any atom is 0.266 e. The molecule has 0 saturated heterocycles. The molecule has 3 aromatic carbocycles. The van der Waals surface area contributed by atoms with Gasteiger partial charge in [0.1, 0.15) is 24.0 Å². The largest absolute Gasteiger partial charge is 0.488 e. The number of benzene rings is 3. The summed E-state index contributed by atoms with van der Waals surface area (Å²) in [5, 5.41) is 12.4. The number of hydrogen-bond donors (Lipinski definition) is 1. The summed E-state index contributed by atoms with van der Waals surface area (Å²) in [5.74, 6) is 0.136. The first-order valence-corrected chi connectivity index (χ1v) is 11.2. The molecule has 0 bridgehead atoms. The van der Waals surface area contributed by atoms with E-state index in [9.17, 15) is 10.1 Å². The third-order valence-corrected chi connectivity index (χ3v) is 5.43. The summed E-state index contributed by atoms with van der Waals surface area (Å²) in [6.07, 6.45) is 2.47. The maximum atomic E-state index is 12.7. The molecule has 162 valence electrons. The van der Waals surface area contributed by atoms with Crippen molar-refractivity contribution in [2.24, 2.45) is 0 Å². The van der Waals surface area contributed by atoms with Gasteiger partial charge in [0, 0.05) is 15.7 Å². The van der Waals surface area contributed by atoms with E-state index in [1.165, 1.54) is 16.7 Å². The van der Waals surface area contributed by atoms with Crippen LogP contribution in [-0.4, -0.2) is 5.91 Å². The van der Waals surface area contributed by atoms with Crippen LogP contribution in [0.15, 0.2) is 70.7 Å². The first-order chi connectivity index (χ1) is 15.4. The molecular weight excluding hydrogens is 464 g/mol. The van der Waals surface area contributed by atoms with Crippen molar-refractivity contribution in [3.05, 3.63) is 98.5 Å². The lowest BCUT2D eigenvalue weighted by molar-refractivity contribution is -0.112. The Kier molecular flexibility index (Phi) is 7.86. The Morgan fingerprint density at radius 3 is 2.34 bits per heavy atom. The van der Waals surface area contributed by atoms with Gasteiger partial charge < -0.3 is 10.1 Å². The van der Waals surface area contributed by atoms with Crippen LogP contribution in [-0.2, 0) is 17.8 Å². The van der Waals surface area contributed by atoms with Gasteiger partial charge in [-0.1, -0.05) is 64.3 Å². The molecule has 0 aromatic heterocycles. The fraction of sp³-hybridized carbons (Fsp3) is 0.185. The summed E-state index contributed by atoms with van der Waals surface area (Å²) in [7, 11) is 0. The zero-order valence-corrected chi connectivity index (χ0v) is 20.0. The van der Waals surface area contributed by atoms with Crippen LogP contribution in [0.3, 0.4) is 0 Å². The minimum atomic E-state index is -0.461. The lowest BCUT2D eigenvalue weighted by Gasteiger charge is -2.12. The van der Waals surface area contributed by atoms with Gasteiger partial charge >= 0.3 is 0 Å².